The van der Waals surface area contributed by atoms with Crippen LogP contribution in [-0.4, -0.2) is 28.8 Å². The number of carbonyl (C=O) groups is 1. The number of Topliss-reactive ketones (excluding diaryl/α,β-unsaturated/α-hetero) is 1. The monoisotopic (exact) mass is 266 g/mol. The fourth-order valence-corrected chi connectivity index (χ4v) is 3.39. The molecule has 0 bridgehead atoms. The highest BCUT2D eigenvalue weighted by atomic mass is 32.1. The molecule has 100 valence electrons. The molecule has 0 unspecified atom stereocenters. The zero-order chi connectivity index (χ0) is 13.0. The predicted molar refractivity (Wildman–Crippen MR) is 74.8 cm³/mol. The molecule has 18 heavy (non-hydrogen) atoms. The summed E-state index contributed by atoms with van der Waals surface area (Å²) in [4.78, 5) is 18.3. The van der Waals surface area contributed by atoms with Gasteiger partial charge in [-0.2, -0.15) is 0 Å². The first kappa shape index (κ1) is 13.7. The molecule has 1 heterocycles. The lowest BCUT2D eigenvalue weighted by Crippen LogP contribution is -2.34. The average Bonchev–Trinajstić information content (AvgIpc) is 2.78. The Labute approximate surface area is 113 Å². The van der Waals surface area contributed by atoms with E-state index in [2.05, 4.69) is 29.2 Å². The smallest absolute Gasteiger partial charge is 0.133 e. The third-order valence-electron chi connectivity index (χ3n) is 3.61. The number of ketones is 1. The van der Waals surface area contributed by atoms with E-state index in [1.165, 1.54) is 10.7 Å². The standard InChI is InChI=1S/C14H22N2OS/c1-3-4-14-15-11(10-18-14)9-16(2)12-5-7-13(17)8-6-12/h10,12H,3-9H2,1-2H3. The van der Waals surface area contributed by atoms with Crippen molar-refractivity contribution in [1.82, 2.24) is 9.88 Å². The molecule has 3 nitrogen and oxygen atoms in total. The van der Waals surface area contributed by atoms with Crippen molar-refractivity contribution in [1.29, 1.82) is 0 Å². The molecule has 1 aliphatic rings. The van der Waals surface area contributed by atoms with Crippen LogP contribution < -0.4 is 0 Å². The van der Waals surface area contributed by atoms with E-state index in [0.29, 0.717) is 11.8 Å². The van der Waals surface area contributed by atoms with E-state index in [1.54, 1.807) is 11.3 Å². The van der Waals surface area contributed by atoms with Gasteiger partial charge in [-0.25, -0.2) is 4.98 Å². The number of thiazole rings is 1. The molecule has 0 aliphatic heterocycles. The number of aryl methyl sites for hydroxylation is 1. The number of rotatable bonds is 5. The minimum absolute atomic E-state index is 0.429. The highest BCUT2D eigenvalue weighted by Gasteiger charge is 2.22. The Balaban J connectivity index is 1.85. The van der Waals surface area contributed by atoms with Gasteiger partial charge in [0.05, 0.1) is 10.7 Å². The Bertz CT molecular complexity index is 392. The van der Waals surface area contributed by atoms with Gasteiger partial charge in [0, 0.05) is 30.8 Å². The summed E-state index contributed by atoms with van der Waals surface area (Å²) in [6.07, 6.45) is 5.79. The van der Waals surface area contributed by atoms with E-state index in [9.17, 15) is 4.79 Å². The van der Waals surface area contributed by atoms with Gasteiger partial charge in [-0.15, -0.1) is 11.3 Å². The van der Waals surface area contributed by atoms with Crippen LogP contribution in [0.3, 0.4) is 0 Å². The summed E-state index contributed by atoms with van der Waals surface area (Å²) >= 11 is 1.77. The molecule has 1 aliphatic carbocycles. The van der Waals surface area contributed by atoms with Crippen molar-refractivity contribution in [2.45, 2.75) is 58.0 Å². The quantitative estimate of drug-likeness (QED) is 0.821. The minimum Gasteiger partial charge on any atom is -0.300 e. The third kappa shape index (κ3) is 3.62. The van der Waals surface area contributed by atoms with Crippen LogP contribution in [0.1, 0.15) is 49.7 Å². The van der Waals surface area contributed by atoms with Crippen LogP contribution in [0.4, 0.5) is 0 Å². The Hall–Kier alpha value is -0.740. The molecule has 0 spiro atoms. The fourth-order valence-electron chi connectivity index (χ4n) is 2.50. The molecule has 1 fully saturated rings. The first-order valence-corrected chi connectivity index (χ1v) is 7.72. The van der Waals surface area contributed by atoms with Crippen molar-refractivity contribution in [2.24, 2.45) is 0 Å². The summed E-state index contributed by atoms with van der Waals surface area (Å²) in [5.41, 5.74) is 1.18. The van der Waals surface area contributed by atoms with Crippen LogP contribution in [0.25, 0.3) is 0 Å². The van der Waals surface area contributed by atoms with Crippen molar-refractivity contribution >= 4 is 17.1 Å². The average molecular weight is 266 g/mol. The number of aromatic nitrogens is 1. The van der Waals surface area contributed by atoms with Crippen molar-refractivity contribution in [3.8, 4) is 0 Å². The summed E-state index contributed by atoms with van der Waals surface area (Å²) in [7, 11) is 2.15. The third-order valence-corrected chi connectivity index (χ3v) is 4.57. The SMILES string of the molecule is CCCc1nc(CN(C)C2CCC(=O)CC2)cs1. The van der Waals surface area contributed by atoms with Gasteiger partial charge < -0.3 is 0 Å². The number of carbonyl (C=O) groups excluding carboxylic acids is 1. The van der Waals surface area contributed by atoms with E-state index in [-0.39, 0.29) is 0 Å². The second-order valence-corrected chi connectivity index (χ2v) is 6.11. The summed E-state index contributed by atoms with van der Waals surface area (Å²) in [5, 5.41) is 3.43. The Morgan fingerprint density at radius 3 is 2.83 bits per heavy atom. The van der Waals surface area contributed by atoms with E-state index in [4.69, 9.17) is 0 Å². The van der Waals surface area contributed by atoms with E-state index >= 15 is 0 Å². The van der Waals surface area contributed by atoms with Crippen LogP contribution in [0.15, 0.2) is 5.38 Å². The van der Waals surface area contributed by atoms with Gasteiger partial charge in [0.15, 0.2) is 0 Å². The van der Waals surface area contributed by atoms with Crippen LogP contribution in [0.5, 0.6) is 0 Å². The zero-order valence-corrected chi connectivity index (χ0v) is 12.1. The molecule has 0 atom stereocenters. The molecule has 0 N–H and O–H groups in total. The number of hydrogen-bond acceptors (Lipinski definition) is 4. The first-order valence-electron chi connectivity index (χ1n) is 6.84. The first-order chi connectivity index (χ1) is 8.69. The maximum atomic E-state index is 11.2. The van der Waals surface area contributed by atoms with E-state index < -0.39 is 0 Å². The highest BCUT2D eigenvalue weighted by Crippen LogP contribution is 2.21. The van der Waals surface area contributed by atoms with E-state index in [0.717, 1.165) is 45.1 Å². The van der Waals surface area contributed by atoms with Crippen molar-refractivity contribution in [3.05, 3.63) is 16.1 Å². The van der Waals surface area contributed by atoms with Crippen molar-refractivity contribution in [3.63, 3.8) is 0 Å². The largest absolute Gasteiger partial charge is 0.300 e. The Kier molecular flexibility index (Phi) is 4.89. The second-order valence-electron chi connectivity index (χ2n) is 5.17. The van der Waals surface area contributed by atoms with Gasteiger partial charge >= 0.3 is 0 Å². The number of hydrogen-bond donors (Lipinski definition) is 0. The van der Waals surface area contributed by atoms with Crippen molar-refractivity contribution < 1.29 is 4.79 Å². The van der Waals surface area contributed by atoms with Gasteiger partial charge in [0.1, 0.15) is 5.78 Å². The lowest BCUT2D eigenvalue weighted by molar-refractivity contribution is -0.121. The molecular weight excluding hydrogens is 244 g/mol. The van der Waals surface area contributed by atoms with Crippen LogP contribution >= 0.6 is 11.3 Å². The predicted octanol–water partition coefficient (Wildman–Crippen LogP) is 3.04. The lowest BCUT2D eigenvalue weighted by Gasteiger charge is -2.30. The van der Waals surface area contributed by atoms with E-state index in [1.807, 2.05) is 0 Å². The lowest BCUT2D eigenvalue weighted by atomic mass is 9.93. The molecule has 0 saturated heterocycles. The summed E-state index contributed by atoms with van der Waals surface area (Å²) in [6.45, 7) is 3.10. The Morgan fingerprint density at radius 1 is 1.44 bits per heavy atom. The van der Waals surface area contributed by atoms with Gasteiger partial charge in [0.2, 0.25) is 0 Å². The zero-order valence-electron chi connectivity index (χ0n) is 11.3. The van der Waals surface area contributed by atoms with Gasteiger partial charge in [-0.3, -0.25) is 9.69 Å². The molecule has 1 aromatic rings. The molecule has 0 aromatic carbocycles. The molecule has 0 radical (unpaired) electrons. The maximum Gasteiger partial charge on any atom is 0.133 e. The molecule has 2 rings (SSSR count). The topological polar surface area (TPSA) is 33.2 Å². The van der Waals surface area contributed by atoms with Crippen LogP contribution in [0, 0.1) is 0 Å². The van der Waals surface area contributed by atoms with Crippen molar-refractivity contribution in [2.75, 3.05) is 7.05 Å². The summed E-state index contributed by atoms with van der Waals surface area (Å²) in [6, 6.07) is 0.555. The summed E-state index contributed by atoms with van der Waals surface area (Å²) in [5.74, 6) is 0.429. The second kappa shape index (κ2) is 6.43. The Morgan fingerprint density at radius 2 is 2.17 bits per heavy atom. The molecule has 0 amide bonds. The van der Waals surface area contributed by atoms with Crippen LogP contribution in [-0.2, 0) is 17.8 Å². The van der Waals surface area contributed by atoms with Gasteiger partial charge in [-0.1, -0.05) is 6.92 Å². The molecular formula is C14H22N2OS. The minimum atomic E-state index is 0.429. The number of nitrogens with zero attached hydrogens (tertiary/aromatic N) is 2. The van der Waals surface area contributed by atoms with Gasteiger partial charge in [-0.05, 0) is 32.7 Å². The maximum absolute atomic E-state index is 11.2. The molecule has 1 aromatic heterocycles. The van der Waals surface area contributed by atoms with Gasteiger partial charge in [0.25, 0.3) is 0 Å². The fraction of sp³-hybridized carbons (Fsp3) is 0.714. The van der Waals surface area contributed by atoms with Crippen LogP contribution in [0.2, 0.25) is 0 Å². The normalized spacial score (nSPS) is 17.6. The highest BCUT2D eigenvalue weighted by molar-refractivity contribution is 7.09. The summed E-state index contributed by atoms with van der Waals surface area (Å²) < 4.78 is 0. The molecule has 4 heteroatoms. The molecule has 1 saturated carbocycles.